The maximum Gasteiger partial charge on any atom is 0.329 e. The molecule has 1 saturated heterocycles. The fraction of sp³-hybridized carbons (Fsp3) is 0.364. The van der Waals surface area contributed by atoms with Crippen LogP contribution >= 0.6 is 0 Å². The van der Waals surface area contributed by atoms with Crippen molar-refractivity contribution in [2.75, 3.05) is 36.5 Å². The molecule has 0 spiro atoms. The highest BCUT2D eigenvalue weighted by Gasteiger charge is 2.31. The molecule has 0 unspecified atom stereocenters. The number of carbonyl (C=O) groups is 2. The van der Waals surface area contributed by atoms with Crippen LogP contribution in [-0.4, -0.2) is 48.7 Å². The average Bonchev–Trinajstić information content (AvgIpc) is 3.07. The molecule has 2 heterocycles. The van der Waals surface area contributed by atoms with Crippen molar-refractivity contribution in [1.29, 1.82) is 0 Å². The van der Waals surface area contributed by atoms with Crippen LogP contribution in [-0.2, 0) is 24.2 Å². The van der Waals surface area contributed by atoms with Gasteiger partial charge in [-0.25, -0.2) is 4.79 Å². The number of anilines is 2. The van der Waals surface area contributed by atoms with Crippen molar-refractivity contribution in [3.05, 3.63) is 59.2 Å². The molecule has 1 fully saturated rings. The first-order valence-corrected chi connectivity index (χ1v) is 9.71. The van der Waals surface area contributed by atoms with Crippen LogP contribution in [0.25, 0.3) is 0 Å². The molecule has 6 nitrogen and oxygen atoms in total. The molecule has 1 N–H and O–H groups in total. The Bertz CT molecular complexity index is 894. The van der Waals surface area contributed by atoms with E-state index in [2.05, 4.69) is 24.1 Å². The van der Waals surface area contributed by atoms with Crippen LogP contribution in [0.1, 0.15) is 23.1 Å². The number of amides is 2. The van der Waals surface area contributed by atoms with E-state index >= 15 is 0 Å². The molecule has 2 amide bonds. The minimum absolute atomic E-state index is 0.00818. The summed E-state index contributed by atoms with van der Waals surface area (Å²) in [5.74, 6) is -0.800. The number of hydrogen-bond acceptors (Lipinski definition) is 3. The SMILES string of the molecule is CN1CCc2cc(N3CCN(c4ccc(CCC(=O)O)cc4)C3=O)ccc2C1. The number of aryl methyl sites for hydroxylation is 1. The molecule has 6 heteroatoms. The van der Waals surface area contributed by atoms with Gasteiger partial charge in [0.05, 0.1) is 0 Å². The van der Waals surface area contributed by atoms with E-state index in [0.717, 1.165) is 36.4 Å². The summed E-state index contributed by atoms with van der Waals surface area (Å²) >= 11 is 0. The number of likely N-dealkylation sites (N-methyl/N-ethyl adjacent to an activating group) is 1. The van der Waals surface area contributed by atoms with Crippen molar-refractivity contribution in [3.63, 3.8) is 0 Å². The number of fused-ring (bicyclic) bond motifs is 1. The largest absolute Gasteiger partial charge is 0.481 e. The standard InChI is InChI=1S/C22H25N3O3/c1-23-11-10-17-14-20(8-5-18(17)15-23)25-13-12-24(22(25)28)19-6-2-16(3-7-19)4-9-21(26)27/h2-3,5-8,14H,4,9-13,15H2,1H3,(H,26,27). The molecule has 0 aliphatic carbocycles. The summed E-state index contributed by atoms with van der Waals surface area (Å²) in [6.45, 7) is 3.32. The molecular weight excluding hydrogens is 354 g/mol. The van der Waals surface area contributed by atoms with Gasteiger partial charge in [0.2, 0.25) is 0 Å². The highest BCUT2D eigenvalue weighted by molar-refractivity contribution is 6.06. The second kappa shape index (κ2) is 7.64. The number of urea groups is 1. The van der Waals surface area contributed by atoms with Crippen molar-refractivity contribution < 1.29 is 14.7 Å². The average molecular weight is 379 g/mol. The van der Waals surface area contributed by atoms with Gasteiger partial charge in [-0.15, -0.1) is 0 Å². The number of carbonyl (C=O) groups excluding carboxylic acids is 1. The lowest BCUT2D eigenvalue weighted by atomic mass is 9.99. The van der Waals surface area contributed by atoms with Crippen molar-refractivity contribution >= 4 is 23.4 Å². The fourth-order valence-corrected chi connectivity index (χ4v) is 3.96. The fourth-order valence-electron chi connectivity index (χ4n) is 3.96. The number of rotatable bonds is 5. The molecular formula is C22H25N3O3. The molecule has 0 radical (unpaired) electrons. The van der Waals surface area contributed by atoms with Crippen molar-refractivity contribution in [2.45, 2.75) is 25.8 Å². The van der Waals surface area contributed by atoms with Crippen LogP contribution in [0.15, 0.2) is 42.5 Å². The zero-order valence-electron chi connectivity index (χ0n) is 16.1. The topological polar surface area (TPSA) is 64.1 Å². The number of hydrogen-bond donors (Lipinski definition) is 1. The number of aliphatic carboxylic acids is 1. The van der Waals surface area contributed by atoms with E-state index in [4.69, 9.17) is 5.11 Å². The molecule has 2 aromatic rings. The summed E-state index contributed by atoms with van der Waals surface area (Å²) in [4.78, 5) is 29.6. The van der Waals surface area contributed by atoms with E-state index in [0.29, 0.717) is 19.5 Å². The monoisotopic (exact) mass is 379 g/mol. The minimum atomic E-state index is -0.800. The van der Waals surface area contributed by atoms with E-state index in [1.54, 1.807) is 4.90 Å². The Hall–Kier alpha value is -2.86. The summed E-state index contributed by atoms with van der Waals surface area (Å²) < 4.78 is 0. The molecule has 2 aromatic carbocycles. The predicted octanol–water partition coefficient (Wildman–Crippen LogP) is 3.14. The van der Waals surface area contributed by atoms with Crippen LogP contribution < -0.4 is 9.80 Å². The van der Waals surface area contributed by atoms with Crippen LogP contribution in [0.5, 0.6) is 0 Å². The Kier molecular flexibility index (Phi) is 5.05. The predicted molar refractivity (Wildman–Crippen MR) is 109 cm³/mol. The van der Waals surface area contributed by atoms with Gasteiger partial charge < -0.3 is 10.0 Å². The lowest BCUT2D eigenvalue weighted by molar-refractivity contribution is -0.136. The second-order valence-corrected chi connectivity index (χ2v) is 7.59. The summed E-state index contributed by atoms with van der Waals surface area (Å²) in [7, 11) is 2.13. The van der Waals surface area contributed by atoms with Gasteiger partial charge in [0.1, 0.15) is 0 Å². The Morgan fingerprint density at radius 1 is 0.964 bits per heavy atom. The molecule has 146 valence electrons. The molecule has 28 heavy (non-hydrogen) atoms. The molecule has 0 aromatic heterocycles. The van der Waals surface area contributed by atoms with Gasteiger partial charge in [-0.3, -0.25) is 14.6 Å². The molecule has 0 atom stereocenters. The van der Waals surface area contributed by atoms with E-state index in [9.17, 15) is 9.59 Å². The van der Waals surface area contributed by atoms with Crippen molar-refractivity contribution in [3.8, 4) is 0 Å². The molecule has 4 rings (SSSR count). The van der Waals surface area contributed by atoms with E-state index < -0.39 is 5.97 Å². The van der Waals surface area contributed by atoms with Gasteiger partial charge in [-0.2, -0.15) is 0 Å². The lowest BCUT2D eigenvalue weighted by Crippen LogP contribution is -2.32. The number of nitrogens with zero attached hydrogens (tertiary/aromatic N) is 3. The lowest BCUT2D eigenvalue weighted by Gasteiger charge is -2.26. The van der Waals surface area contributed by atoms with Crippen LogP contribution in [0.2, 0.25) is 0 Å². The highest BCUT2D eigenvalue weighted by Crippen LogP contribution is 2.29. The van der Waals surface area contributed by atoms with Gasteiger partial charge in [-0.1, -0.05) is 18.2 Å². The Morgan fingerprint density at radius 3 is 2.36 bits per heavy atom. The Balaban J connectivity index is 1.47. The van der Waals surface area contributed by atoms with Gasteiger partial charge in [-0.05, 0) is 60.8 Å². The van der Waals surface area contributed by atoms with Crippen LogP contribution in [0.3, 0.4) is 0 Å². The van der Waals surface area contributed by atoms with E-state index in [1.165, 1.54) is 11.1 Å². The summed E-state index contributed by atoms with van der Waals surface area (Å²) in [6.07, 6.45) is 1.63. The summed E-state index contributed by atoms with van der Waals surface area (Å²) in [5, 5.41) is 8.80. The van der Waals surface area contributed by atoms with E-state index in [1.807, 2.05) is 35.2 Å². The molecule has 0 bridgehead atoms. The third kappa shape index (κ3) is 3.73. The van der Waals surface area contributed by atoms with Crippen LogP contribution in [0.4, 0.5) is 16.2 Å². The van der Waals surface area contributed by atoms with Crippen LogP contribution in [0, 0.1) is 0 Å². The number of benzene rings is 2. The normalized spacial score (nSPS) is 17.1. The maximum absolute atomic E-state index is 13.0. The van der Waals surface area contributed by atoms with E-state index in [-0.39, 0.29) is 12.5 Å². The molecule has 2 aliphatic rings. The molecule has 2 aliphatic heterocycles. The first-order chi connectivity index (χ1) is 13.5. The minimum Gasteiger partial charge on any atom is -0.481 e. The second-order valence-electron chi connectivity index (χ2n) is 7.59. The highest BCUT2D eigenvalue weighted by atomic mass is 16.4. The third-order valence-corrected chi connectivity index (χ3v) is 5.59. The summed E-state index contributed by atoms with van der Waals surface area (Å²) in [5.41, 5.74) is 5.47. The first kappa shape index (κ1) is 18.5. The quantitative estimate of drug-likeness (QED) is 0.867. The Morgan fingerprint density at radius 2 is 1.64 bits per heavy atom. The number of carboxylic acid groups (broad SMARTS) is 1. The maximum atomic E-state index is 13.0. The van der Waals surface area contributed by atoms with Crippen molar-refractivity contribution in [2.24, 2.45) is 0 Å². The third-order valence-electron chi connectivity index (χ3n) is 5.59. The summed E-state index contributed by atoms with van der Waals surface area (Å²) in [6, 6.07) is 14.0. The Labute approximate surface area is 165 Å². The van der Waals surface area contributed by atoms with Gasteiger partial charge in [0.25, 0.3) is 0 Å². The zero-order valence-corrected chi connectivity index (χ0v) is 16.1. The number of carboxylic acids is 1. The first-order valence-electron chi connectivity index (χ1n) is 9.71. The molecule has 0 saturated carbocycles. The zero-order chi connectivity index (χ0) is 19.7. The van der Waals surface area contributed by atoms with Crippen molar-refractivity contribution in [1.82, 2.24) is 4.90 Å². The smallest absolute Gasteiger partial charge is 0.329 e. The van der Waals surface area contributed by atoms with Gasteiger partial charge in [0, 0.05) is 44.0 Å². The van der Waals surface area contributed by atoms with Gasteiger partial charge in [0.15, 0.2) is 0 Å². The van der Waals surface area contributed by atoms with Gasteiger partial charge >= 0.3 is 12.0 Å².